The van der Waals surface area contributed by atoms with Gasteiger partial charge in [-0.25, -0.2) is 8.78 Å². The zero-order chi connectivity index (χ0) is 13.3. The molecule has 1 aliphatic rings. The van der Waals surface area contributed by atoms with Crippen molar-refractivity contribution in [1.82, 2.24) is 4.90 Å². The van der Waals surface area contributed by atoms with Crippen LogP contribution in [0, 0.1) is 17.6 Å². The van der Waals surface area contributed by atoms with Gasteiger partial charge in [0, 0.05) is 17.6 Å². The third-order valence-electron chi connectivity index (χ3n) is 3.83. The minimum absolute atomic E-state index is 0.106. The van der Waals surface area contributed by atoms with Crippen LogP contribution in [0.2, 0.25) is 0 Å². The smallest absolute Gasteiger partial charge is 0.163 e. The predicted molar refractivity (Wildman–Crippen MR) is 68.1 cm³/mol. The molecule has 1 heterocycles. The Morgan fingerprint density at radius 2 is 2.11 bits per heavy atom. The van der Waals surface area contributed by atoms with Crippen LogP contribution in [0.1, 0.15) is 31.9 Å². The van der Waals surface area contributed by atoms with Gasteiger partial charge in [0.25, 0.3) is 0 Å². The number of rotatable bonds is 3. The monoisotopic (exact) mass is 254 g/mol. The summed E-state index contributed by atoms with van der Waals surface area (Å²) in [7, 11) is 0. The van der Waals surface area contributed by atoms with Gasteiger partial charge in [-0.15, -0.1) is 0 Å². The average molecular weight is 254 g/mol. The molecule has 0 saturated carbocycles. The zero-order valence-electron chi connectivity index (χ0n) is 10.9. The number of nitrogens with two attached hydrogens (primary N) is 1. The van der Waals surface area contributed by atoms with Crippen molar-refractivity contribution in [2.24, 2.45) is 11.7 Å². The molecule has 0 bridgehead atoms. The summed E-state index contributed by atoms with van der Waals surface area (Å²) < 4.78 is 27.3. The van der Waals surface area contributed by atoms with E-state index in [1.807, 2.05) is 0 Å². The summed E-state index contributed by atoms with van der Waals surface area (Å²) in [6.45, 7) is 5.54. The number of halogens is 2. The van der Waals surface area contributed by atoms with E-state index in [0.717, 1.165) is 19.0 Å². The molecule has 1 aliphatic heterocycles. The molecular formula is C14H20F2N2. The average Bonchev–Trinajstić information content (AvgIpc) is 2.76. The van der Waals surface area contributed by atoms with E-state index in [9.17, 15) is 8.78 Å². The maximum atomic E-state index is 14.0. The minimum atomic E-state index is -0.779. The summed E-state index contributed by atoms with van der Waals surface area (Å²) in [5, 5.41) is 0. The molecule has 2 unspecified atom stereocenters. The summed E-state index contributed by atoms with van der Waals surface area (Å²) in [5.74, 6) is -1.31. The summed E-state index contributed by atoms with van der Waals surface area (Å²) in [4.78, 5) is 2.20. The Morgan fingerprint density at radius 3 is 2.72 bits per heavy atom. The van der Waals surface area contributed by atoms with E-state index < -0.39 is 11.6 Å². The van der Waals surface area contributed by atoms with Crippen molar-refractivity contribution in [1.29, 1.82) is 0 Å². The van der Waals surface area contributed by atoms with Gasteiger partial charge in [-0.1, -0.05) is 12.1 Å². The number of benzene rings is 1. The van der Waals surface area contributed by atoms with Crippen LogP contribution in [0.15, 0.2) is 18.2 Å². The molecule has 0 radical (unpaired) electrons. The molecule has 2 nitrogen and oxygen atoms in total. The summed E-state index contributed by atoms with van der Waals surface area (Å²) in [6.07, 6.45) is 0.940. The molecule has 0 aliphatic carbocycles. The normalized spacial score (nSPS) is 25.0. The first kappa shape index (κ1) is 13.4. The van der Waals surface area contributed by atoms with E-state index in [2.05, 4.69) is 18.7 Å². The van der Waals surface area contributed by atoms with Crippen molar-refractivity contribution in [2.45, 2.75) is 32.4 Å². The first-order valence-electron chi connectivity index (χ1n) is 6.46. The lowest BCUT2D eigenvalue weighted by Gasteiger charge is -2.31. The molecule has 0 spiro atoms. The Bertz CT molecular complexity index is 420. The van der Waals surface area contributed by atoms with Crippen LogP contribution in [-0.4, -0.2) is 24.0 Å². The molecule has 1 fully saturated rings. The van der Waals surface area contributed by atoms with Gasteiger partial charge >= 0.3 is 0 Å². The van der Waals surface area contributed by atoms with Gasteiger partial charge in [0.05, 0.1) is 0 Å². The summed E-state index contributed by atoms with van der Waals surface area (Å²) >= 11 is 0. The highest BCUT2D eigenvalue weighted by Gasteiger charge is 2.37. The molecule has 2 N–H and O–H groups in total. The molecule has 1 saturated heterocycles. The molecule has 18 heavy (non-hydrogen) atoms. The molecule has 0 aromatic heterocycles. The van der Waals surface area contributed by atoms with Gasteiger partial charge in [0.1, 0.15) is 0 Å². The van der Waals surface area contributed by atoms with Crippen LogP contribution in [0.4, 0.5) is 8.78 Å². The number of likely N-dealkylation sites (tertiary alicyclic amines) is 1. The fraction of sp³-hybridized carbons (Fsp3) is 0.571. The molecule has 1 aromatic carbocycles. The highest BCUT2D eigenvalue weighted by molar-refractivity contribution is 5.24. The fourth-order valence-electron chi connectivity index (χ4n) is 2.89. The molecule has 2 rings (SSSR count). The van der Waals surface area contributed by atoms with E-state index in [1.165, 1.54) is 0 Å². The van der Waals surface area contributed by atoms with Crippen molar-refractivity contribution in [3.8, 4) is 0 Å². The lowest BCUT2D eigenvalue weighted by Crippen LogP contribution is -2.34. The van der Waals surface area contributed by atoms with Gasteiger partial charge in [0.2, 0.25) is 0 Å². The van der Waals surface area contributed by atoms with Crippen LogP contribution < -0.4 is 5.73 Å². The Labute approximate surface area is 107 Å². The van der Waals surface area contributed by atoms with Crippen molar-refractivity contribution in [2.75, 3.05) is 13.1 Å². The maximum Gasteiger partial charge on any atom is 0.163 e. The Kier molecular flexibility index (Phi) is 3.97. The van der Waals surface area contributed by atoms with E-state index in [1.54, 1.807) is 12.1 Å². The number of hydrogen-bond acceptors (Lipinski definition) is 2. The van der Waals surface area contributed by atoms with Crippen LogP contribution in [0.5, 0.6) is 0 Å². The number of nitrogens with zero attached hydrogens (tertiary/aromatic N) is 1. The van der Waals surface area contributed by atoms with E-state index >= 15 is 0 Å². The van der Waals surface area contributed by atoms with Crippen molar-refractivity contribution >= 4 is 0 Å². The van der Waals surface area contributed by atoms with Crippen LogP contribution >= 0.6 is 0 Å². The van der Waals surface area contributed by atoms with Gasteiger partial charge < -0.3 is 5.73 Å². The second kappa shape index (κ2) is 5.33. The van der Waals surface area contributed by atoms with Gasteiger partial charge in [0.15, 0.2) is 11.6 Å². The third-order valence-corrected chi connectivity index (χ3v) is 3.83. The first-order valence-corrected chi connectivity index (χ1v) is 6.46. The van der Waals surface area contributed by atoms with Crippen molar-refractivity contribution in [3.63, 3.8) is 0 Å². The van der Waals surface area contributed by atoms with E-state index in [-0.39, 0.29) is 12.0 Å². The van der Waals surface area contributed by atoms with Gasteiger partial charge in [-0.05, 0) is 45.3 Å². The van der Waals surface area contributed by atoms with E-state index in [4.69, 9.17) is 5.73 Å². The minimum Gasteiger partial charge on any atom is -0.330 e. The molecule has 2 atom stereocenters. The summed E-state index contributed by atoms with van der Waals surface area (Å²) in [5.41, 5.74) is 6.21. The predicted octanol–water partition coefficient (Wildman–Crippen LogP) is 2.69. The Balaban J connectivity index is 2.40. The third kappa shape index (κ3) is 2.27. The lowest BCUT2D eigenvalue weighted by atomic mass is 9.93. The second-order valence-corrected chi connectivity index (χ2v) is 5.20. The van der Waals surface area contributed by atoms with E-state index in [0.29, 0.717) is 18.2 Å². The quantitative estimate of drug-likeness (QED) is 0.898. The standard InChI is InChI=1S/C14H20F2N2/c1-9(2)18-7-6-10(8-17)14(18)11-4-3-5-12(15)13(11)16/h3-5,9-10,14H,6-8,17H2,1-2H3. The molecule has 100 valence electrons. The highest BCUT2D eigenvalue weighted by Crippen LogP contribution is 2.39. The van der Waals surface area contributed by atoms with Crippen LogP contribution in [0.3, 0.4) is 0 Å². The SMILES string of the molecule is CC(C)N1CCC(CN)C1c1cccc(F)c1F. The van der Waals surface area contributed by atoms with Gasteiger partial charge in [-0.2, -0.15) is 0 Å². The largest absolute Gasteiger partial charge is 0.330 e. The first-order chi connectivity index (χ1) is 8.56. The maximum absolute atomic E-state index is 14.0. The molecular weight excluding hydrogens is 234 g/mol. The molecule has 4 heteroatoms. The zero-order valence-corrected chi connectivity index (χ0v) is 10.9. The Hall–Kier alpha value is -1.00. The van der Waals surface area contributed by atoms with Crippen LogP contribution in [0.25, 0.3) is 0 Å². The highest BCUT2D eigenvalue weighted by atomic mass is 19.2. The van der Waals surface area contributed by atoms with Crippen molar-refractivity contribution in [3.05, 3.63) is 35.4 Å². The van der Waals surface area contributed by atoms with Crippen LogP contribution in [-0.2, 0) is 0 Å². The van der Waals surface area contributed by atoms with Crippen molar-refractivity contribution < 1.29 is 8.78 Å². The van der Waals surface area contributed by atoms with Gasteiger partial charge in [-0.3, -0.25) is 4.90 Å². The molecule has 0 amide bonds. The number of hydrogen-bond donors (Lipinski definition) is 1. The second-order valence-electron chi connectivity index (χ2n) is 5.20. The lowest BCUT2D eigenvalue weighted by molar-refractivity contribution is 0.180. The molecule has 1 aromatic rings. The fourth-order valence-corrected chi connectivity index (χ4v) is 2.89. The topological polar surface area (TPSA) is 29.3 Å². The Morgan fingerprint density at radius 1 is 1.39 bits per heavy atom. The summed E-state index contributed by atoms with van der Waals surface area (Å²) in [6, 6.07) is 4.59.